The van der Waals surface area contributed by atoms with Gasteiger partial charge in [0, 0.05) is 24.7 Å². The zero-order chi connectivity index (χ0) is 34.1. The maximum absolute atomic E-state index is 14.5. The normalized spacial score (nSPS) is 13.7. The Bertz CT molecular complexity index is 1640. The monoisotopic (exact) mass is 669 g/mol. The van der Waals surface area contributed by atoms with Crippen molar-refractivity contribution in [3.63, 3.8) is 0 Å². The lowest BCUT2D eigenvalue weighted by Crippen LogP contribution is -2.52. The van der Waals surface area contributed by atoms with E-state index in [1.165, 1.54) is 57.6 Å². The zero-order valence-corrected chi connectivity index (χ0v) is 28.5. The molecule has 0 saturated heterocycles. The summed E-state index contributed by atoms with van der Waals surface area (Å²) in [5, 5.41) is 3.07. The first-order valence-electron chi connectivity index (χ1n) is 15.3. The van der Waals surface area contributed by atoms with Crippen LogP contribution in [0.1, 0.15) is 38.2 Å². The topological polar surface area (TPSA) is 133 Å². The Morgan fingerprint density at radius 3 is 1.98 bits per heavy atom. The summed E-state index contributed by atoms with van der Waals surface area (Å²) in [6.45, 7) is 1.03. The van der Waals surface area contributed by atoms with Crippen molar-refractivity contribution in [2.24, 2.45) is 0 Å². The van der Waals surface area contributed by atoms with Gasteiger partial charge in [-0.05, 0) is 61.7 Å². The molecule has 0 radical (unpaired) electrons. The van der Waals surface area contributed by atoms with E-state index >= 15 is 0 Å². The van der Waals surface area contributed by atoms with Gasteiger partial charge < -0.3 is 33.9 Å². The Morgan fingerprint density at radius 2 is 1.38 bits per heavy atom. The highest BCUT2D eigenvalue weighted by Gasteiger charge is 2.35. The summed E-state index contributed by atoms with van der Waals surface area (Å²) in [7, 11) is 2.80. The van der Waals surface area contributed by atoms with Crippen molar-refractivity contribution in [1.29, 1.82) is 0 Å². The molecule has 47 heavy (non-hydrogen) atoms. The molecule has 1 fully saturated rings. The molecule has 1 saturated carbocycles. The zero-order valence-electron chi connectivity index (χ0n) is 27.6. The highest BCUT2D eigenvalue weighted by molar-refractivity contribution is 7.92. The SMILES string of the molecule is COc1ccc(CN(C(=O)CN(c2cc(OC)ccc2OC)S(=O)(=O)c2ccc(OC)c(OC)c2)[C@@H](C)C(=O)NC2CCCC2)cc1. The second kappa shape index (κ2) is 15.8. The third-order valence-electron chi connectivity index (χ3n) is 8.26. The van der Waals surface area contributed by atoms with Crippen molar-refractivity contribution >= 4 is 27.5 Å². The molecule has 4 rings (SSSR count). The van der Waals surface area contributed by atoms with Gasteiger partial charge in [0.25, 0.3) is 10.0 Å². The third kappa shape index (κ3) is 8.20. The van der Waals surface area contributed by atoms with Gasteiger partial charge in [-0.3, -0.25) is 13.9 Å². The van der Waals surface area contributed by atoms with Gasteiger partial charge in [0.2, 0.25) is 11.8 Å². The number of sulfonamides is 1. The van der Waals surface area contributed by atoms with E-state index in [0.717, 1.165) is 35.6 Å². The fraction of sp³-hybridized carbons (Fsp3) is 0.412. The smallest absolute Gasteiger partial charge is 0.265 e. The Hall–Kier alpha value is -4.65. The fourth-order valence-corrected chi connectivity index (χ4v) is 6.94. The number of methoxy groups -OCH3 is 5. The molecule has 1 aliphatic rings. The Balaban J connectivity index is 1.79. The van der Waals surface area contributed by atoms with Gasteiger partial charge in [-0.1, -0.05) is 25.0 Å². The van der Waals surface area contributed by atoms with Crippen molar-refractivity contribution in [1.82, 2.24) is 10.2 Å². The van der Waals surface area contributed by atoms with Gasteiger partial charge in [-0.15, -0.1) is 0 Å². The summed E-state index contributed by atoms with van der Waals surface area (Å²) < 4.78 is 56.8. The van der Waals surface area contributed by atoms with Crippen molar-refractivity contribution < 1.29 is 41.7 Å². The van der Waals surface area contributed by atoms with Crippen LogP contribution in [0.5, 0.6) is 28.7 Å². The average Bonchev–Trinajstić information content (AvgIpc) is 3.61. The van der Waals surface area contributed by atoms with Crippen LogP contribution in [0.2, 0.25) is 0 Å². The molecule has 0 heterocycles. The minimum absolute atomic E-state index is 0.0332. The molecule has 13 heteroatoms. The second-order valence-electron chi connectivity index (χ2n) is 11.1. The molecule has 1 aliphatic carbocycles. The van der Waals surface area contributed by atoms with E-state index < -0.39 is 28.5 Å². The van der Waals surface area contributed by atoms with E-state index in [1.54, 1.807) is 50.4 Å². The first-order valence-corrected chi connectivity index (χ1v) is 16.7. The summed E-state index contributed by atoms with van der Waals surface area (Å²) >= 11 is 0. The number of ether oxygens (including phenoxy) is 5. The highest BCUT2D eigenvalue weighted by Crippen LogP contribution is 2.38. The predicted molar refractivity (Wildman–Crippen MR) is 177 cm³/mol. The van der Waals surface area contributed by atoms with Crippen LogP contribution in [0.25, 0.3) is 0 Å². The lowest BCUT2D eigenvalue weighted by atomic mass is 10.1. The van der Waals surface area contributed by atoms with Crippen molar-refractivity contribution in [2.75, 3.05) is 46.4 Å². The number of carbonyl (C=O) groups is 2. The minimum Gasteiger partial charge on any atom is -0.497 e. The van der Waals surface area contributed by atoms with E-state index in [-0.39, 0.29) is 40.6 Å². The van der Waals surface area contributed by atoms with E-state index in [4.69, 9.17) is 23.7 Å². The highest BCUT2D eigenvalue weighted by atomic mass is 32.2. The van der Waals surface area contributed by atoms with Gasteiger partial charge in [0.05, 0.1) is 46.1 Å². The summed E-state index contributed by atoms with van der Waals surface area (Å²) in [6.07, 6.45) is 3.80. The van der Waals surface area contributed by atoms with E-state index in [9.17, 15) is 18.0 Å². The van der Waals surface area contributed by atoms with E-state index in [1.807, 2.05) is 0 Å². The van der Waals surface area contributed by atoms with Gasteiger partial charge in [0.15, 0.2) is 11.5 Å². The molecule has 254 valence electrons. The molecule has 0 spiro atoms. The maximum Gasteiger partial charge on any atom is 0.265 e. The molecule has 3 aromatic rings. The molecule has 1 atom stereocenters. The quantitative estimate of drug-likeness (QED) is 0.250. The Kier molecular flexibility index (Phi) is 11.8. The summed E-state index contributed by atoms with van der Waals surface area (Å²) in [5.74, 6) is 0.778. The first kappa shape index (κ1) is 35.2. The van der Waals surface area contributed by atoms with Gasteiger partial charge in [-0.2, -0.15) is 0 Å². The number of hydrogen-bond donors (Lipinski definition) is 1. The van der Waals surface area contributed by atoms with Crippen molar-refractivity contribution in [3.05, 3.63) is 66.2 Å². The van der Waals surface area contributed by atoms with Crippen LogP contribution in [0.3, 0.4) is 0 Å². The van der Waals surface area contributed by atoms with Crippen LogP contribution in [0.15, 0.2) is 65.6 Å². The van der Waals surface area contributed by atoms with E-state index in [2.05, 4.69) is 5.32 Å². The first-order chi connectivity index (χ1) is 22.6. The number of hydrogen-bond acceptors (Lipinski definition) is 9. The Labute approximate surface area is 276 Å². The molecule has 1 N–H and O–H groups in total. The summed E-state index contributed by atoms with van der Waals surface area (Å²) in [6, 6.07) is 15.1. The third-order valence-corrected chi connectivity index (χ3v) is 10.0. The number of nitrogens with zero attached hydrogens (tertiary/aromatic N) is 2. The van der Waals surface area contributed by atoms with Gasteiger partial charge in [-0.25, -0.2) is 8.42 Å². The second-order valence-corrected chi connectivity index (χ2v) is 13.0. The molecule has 0 unspecified atom stereocenters. The van der Waals surface area contributed by atoms with Crippen LogP contribution >= 0.6 is 0 Å². The maximum atomic E-state index is 14.5. The minimum atomic E-state index is -4.45. The molecule has 3 aromatic carbocycles. The summed E-state index contributed by atoms with van der Waals surface area (Å²) in [4.78, 5) is 29.1. The number of rotatable bonds is 15. The van der Waals surface area contributed by atoms with Gasteiger partial charge >= 0.3 is 0 Å². The van der Waals surface area contributed by atoms with Crippen LogP contribution in [0, 0.1) is 0 Å². The van der Waals surface area contributed by atoms with Crippen LogP contribution < -0.4 is 33.3 Å². The van der Waals surface area contributed by atoms with Crippen LogP contribution in [-0.2, 0) is 26.2 Å². The largest absolute Gasteiger partial charge is 0.497 e. The molecule has 12 nitrogen and oxygen atoms in total. The average molecular weight is 670 g/mol. The fourth-order valence-electron chi connectivity index (χ4n) is 5.51. The molecule has 0 aliphatic heterocycles. The number of amides is 2. The molecule has 0 aromatic heterocycles. The standard InChI is InChI=1S/C34H43N3O9S/c1-23(34(39)35-25-9-7-8-10-25)36(21-24-11-13-26(42-2)14-12-24)33(38)22-37(29-19-27(43-3)15-17-30(29)44-4)47(40,41)28-16-18-31(45-5)32(20-28)46-6/h11-20,23,25H,7-10,21-22H2,1-6H3,(H,35,39)/t23-/m0/s1. The van der Waals surface area contributed by atoms with Gasteiger partial charge in [0.1, 0.15) is 29.8 Å². The predicted octanol–water partition coefficient (Wildman–Crippen LogP) is 4.40. The number of nitrogens with one attached hydrogen (secondary N) is 1. The molecule has 0 bridgehead atoms. The number of carbonyl (C=O) groups excluding carboxylic acids is 2. The Morgan fingerprint density at radius 1 is 0.787 bits per heavy atom. The molecular formula is C34H43N3O9S. The van der Waals surface area contributed by atoms with E-state index in [0.29, 0.717) is 17.2 Å². The van der Waals surface area contributed by atoms with Crippen LogP contribution in [0.4, 0.5) is 5.69 Å². The number of anilines is 1. The lowest BCUT2D eigenvalue weighted by Gasteiger charge is -2.33. The number of benzene rings is 3. The van der Waals surface area contributed by atoms with Crippen molar-refractivity contribution in [2.45, 2.75) is 56.1 Å². The molecule has 2 amide bonds. The summed E-state index contributed by atoms with van der Waals surface area (Å²) in [5.41, 5.74) is 0.801. The van der Waals surface area contributed by atoms with Crippen molar-refractivity contribution in [3.8, 4) is 28.7 Å². The molecular weight excluding hydrogens is 626 g/mol. The lowest BCUT2D eigenvalue weighted by molar-refractivity contribution is -0.139. The van der Waals surface area contributed by atoms with Crippen LogP contribution in [-0.4, -0.2) is 79.3 Å².